The van der Waals surface area contributed by atoms with Gasteiger partial charge < -0.3 is 21.1 Å². The Kier molecular flexibility index (Phi) is 7.64. The van der Waals surface area contributed by atoms with E-state index in [4.69, 9.17) is 10.5 Å². The van der Waals surface area contributed by atoms with Gasteiger partial charge in [-0.2, -0.15) is 0 Å². The van der Waals surface area contributed by atoms with Crippen molar-refractivity contribution in [1.82, 2.24) is 10.6 Å². The van der Waals surface area contributed by atoms with Gasteiger partial charge in [0.1, 0.15) is 11.6 Å². The number of ether oxygens (including phenoxy) is 1. The van der Waals surface area contributed by atoms with E-state index in [-0.39, 0.29) is 18.9 Å². The predicted octanol–water partition coefficient (Wildman–Crippen LogP) is 0.671. The number of rotatable bonds is 7. The monoisotopic (exact) mass is 287 g/mol. The lowest BCUT2D eigenvalue weighted by atomic mass is 10.2. The van der Waals surface area contributed by atoms with Crippen molar-refractivity contribution < 1.29 is 19.1 Å². The van der Waals surface area contributed by atoms with Crippen LogP contribution in [0.1, 0.15) is 47.0 Å². The summed E-state index contributed by atoms with van der Waals surface area (Å²) >= 11 is 0. The van der Waals surface area contributed by atoms with Crippen molar-refractivity contribution in [2.75, 3.05) is 6.54 Å². The molecule has 7 heteroatoms. The van der Waals surface area contributed by atoms with Crippen molar-refractivity contribution in [3.05, 3.63) is 0 Å². The summed E-state index contributed by atoms with van der Waals surface area (Å²) in [6.07, 6.45) is 0.682. The third kappa shape index (κ3) is 9.18. The minimum atomic E-state index is -0.788. The number of nitrogens with one attached hydrogen (secondary N) is 2. The van der Waals surface area contributed by atoms with Crippen molar-refractivity contribution in [1.29, 1.82) is 0 Å². The van der Waals surface area contributed by atoms with Gasteiger partial charge in [0.2, 0.25) is 11.8 Å². The van der Waals surface area contributed by atoms with Crippen LogP contribution in [-0.2, 0) is 14.3 Å². The molecule has 0 radical (unpaired) electrons. The van der Waals surface area contributed by atoms with Crippen LogP contribution in [0.4, 0.5) is 4.79 Å². The number of hydrogen-bond acceptors (Lipinski definition) is 4. The molecule has 0 saturated heterocycles. The average molecular weight is 287 g/mol. The standard InChI is InChI=1S/C13H25N3O4/c1-5-6-10(17)16-9(11(14)18)7-8-15-12(19)20-13(2,3)4/h9H,5-8H2,1-4H3,(H2,14,18)(H,15,19)(H,16,17)/t9-/m0/s1. The zero-order chi connectivity index (χ0) is 15.8. The maximum absolute atomic E-state index is 11.4. The van der Waals surface area contributed by atoms with Gasteiger partial charge in [-0.3, -0.25) is 9.59 Å². The van der Waals surface area contributed by atoms with Gasteiger partial charge in [-0.05, 0) is 33.6 Å². The molecule has 4 N–H and O–H groups in total. The van der Waals surface area contributed by atoms with Crippen LogP contribution in [0.3, 0.4) is 0 Å². The van der Waals surface area contributed by atoms with Crippen LogP contribution in [0.5, 0.6) is 0 Å². The van der Waals surface area contributed by atoms with Crippen molar-refractivity contribution in [2.24, 2.45) is 5.73 Å². The molecule has 0 aromatic carbocycles. The molecule has 116 valence electrons. The normalized spacial score (nSPS) is 12.4. The lowest BCUT2D eigenvalue weighted by molar-refractivity contribution is -0.127. The minimum absolute atomic E-state index is 0.189. The molecule has 7 nitrogen and oxygen atoms in total. The first-order valence-corrected chi connectivity index (χ1v) is 6.71. The molecule has 0 aromatic rings. The van der Waals surface area contributed by atoms with Gasteiger partial charge in [0.15, 0.2) is 0 Å². The maximum Gasteiger partial charge on any atom is 0.407 e. The average Bonchev–Trinajstić information content (AvgIpc) is 2.25. The van der Waals surface area contributed by atoms with E-state index >= 15 is 0 Å². The van der Waals surface area contributed by atoms with E-state index in [2.05, 4.69) is 10.6 Å². The molecule has 0 aromatic heterocycles. The van der Waals surface area contributed by atoms with Crippen molar-refractivity contribution in [3.63, 3.8) is 0 Å². The van der Waals surface area contributed by atoms with Gasteiger partial charge in [-0.15, -0.1) is 0 Å². The number of primary amides is 1. The smallest absolute Gasteiger partial charge is 0.407 e. The summed E-state index contributed by atoms with van der Waals surface area (Å²) in [6.45, 7) is 7.31. The molecule has 0 aliphatic heterocycles. The fourth-order valence-electron chi connectivity index (χ4n) is 1.41. The van der Waals surface area contributed by atoms with Crippen molar-refractivity contribution in [3.8, 4) is 0 Å². The molecule has 0 aliphatic carbocycles. The Morgan fingerprint density at radius 1 is 1.25 bits per heavy atom. The first-order valence-electron chi connectivity index (χ1n) is 6.71. The lowest BCUT2D eigenvalue weighted by Gasteiger charge is -2.20. The lowest BCUT2D eigenvalue weighted by Crippen LogP contribution is -2.46. The number of nitrogens with two attached hydrogens (primary N) is 1. The first kappa shape index (κ1) is 18.2. The third-order valence-corrected chi connectivity index (χ3v) is 2.26. The van der Waals surface area contributed by atoms with E-state index in [0.29, 0.717) is 12.8 Å². The summed E-state index contributed by atoms with van der Waals surface area (Å²) in [6, 6.07) is -0.788. The number of amides is 3. The van der Waals surface area contributed by atoms with Crippen LogP contribution >= 0.6 is 0 Å². The van der Waals surface area contributed by atoms with E-state index in [1.807, 2.05) is 6.92 Å². The molecule has 0 saturated carbocycles. The highest BCUT2D eigenvalue weighted by Gasteiger charge is 2.19. The van der Waals surface area contributed by atoms with E-state index in [1.165, 1.54) is 0 Å². The molecule has 0 unspecified atom stereocenters. The minimum Gasteiger partial charge on any atom is -0.444 e. The van der Waals surface area contributed by atoms with E-state index in [0.717, 1.165) is 0 Å². The fourth-order valence-corrected chi connectivity index (χ4v) is 1.41. The highest BCUT2D eigenvalue weighted by atomic mass is 16.6. The van der Waals surface area contributed by atoms with Crippen LogP contribution in [0.25, 0.3) is 0 Å². The Labute approximate surface area is 119 Å². The number of carbonyl (C=O) groups excluding carboxylic acids is 3. The predicted molar refractivity (Wildman–Crippen MR) is 74.9 cm³/mol. The van der Waals surface area contributed by atoms with Gasteiger partial charge in [-0.1, -0.05) is 6.92 Å². The molecule has 0 fully saturated rings. The number of hydrogen-bond donors (Lipinski definition) is 3. The van der Waals surface area contributed by atoms with Crippen molar-refractivity contribution in [2.45, 2.75) is 58.6 Å². The molecule has 3 amide bonds. The zero-order valence-electron chi connectivity index (χ0n) is 12.6. The SMILES string of the molecule is CCCC(=O)N[C@@H](CCNC(=O)OC(C)(C)C)C(N)=O. The Morgan fingerprint density at radius 2 is 1.85 bits per heavy atom. The third-order valence-electron chi connectivity index (χ3n) is 2.26. The Balaban J connectivity index is 4.13. The molecule has 0 spiro atoms. The Hall–Kier alpha value is -1.79. The summed E-state index contributed by atoms with van der Waals surface area (Å²) < 4.78 is 5.05. The van der Waals surface area contributed by atoms with E-state index in [1.54, 1.807) is 20.8 Å². The Morgan fingerprint density at radius 3 is 2.30 bits per heavy atom. The summed E-state index contributed by atoms with van der Waals surface area (Å²) in [7, 11) is 0. The highest BCUT2D eigenvalue weighted by molar-refractivity contribution is 5.86. The van der Waals surface area contributed by atoms with Crippen LogP contribution < -0.4 is 16.4 Å². The van der Waals surface area contributed by atoms with Crippen LogP contribution in [0.15, 0.2) is 0 Å². The first-order chi connectivity index (χ1) is 9.15. The molecule has 20 heavy (non-hydrogen) atoms. The second kappa shape index (κ2) is 8.39. The Bertz CT molecular complexity index is 350. The van der Waals surface area contributed by atoms with Crippen LogP contribution in [0, 0.1) is 0 Å². The largest absolute Gasteiger partial charge is 0.444 e. The zero-order valence-corrected chi connectivity index (χ0v) is 12.6. The highest BCUT2D eigenvalue weighted by Crippen LogP contribution is 2.06. The quantitative estimate of drug-likeness (QED) is 0.639. The van der Waals surface area contributed by atoms with Gasteiger partial charge in [0.05, 0.1) is 0 Å². The molecule has 0 aliphatic rings. The van der Waals surface area contributed by atoms with Crippen LogP contribution in [0.2, 0.25) is 0 Å². The van der Waals surface area contributed by atoms with Gasteiger partial charge >= 0.3 is 6.09 Å². The van der Waals surface area contributed by atoms with Gasteiger partial charge in [0, 0.05) is 13.0 Å². The van der Waals surface area contributed by atoms with E-state index in [9.17, 15) is 14.4 Å². The molecular formula is C13H25N3O4. The summed E-state index contributed by atoms with van der Waals surface area (Å²) in [5.74, 6) is -0.853. The summed E-state index contributed by atoms with van der Waals surface area (Å²) in [4.78, 5) is 34.0. The second-order valence-electron chi connectivity index (χ2n) is 5.49. The second-order valence-corrected chi connectivity index (χ2v) is 5.49. The van der Waals surface area contributed by atoms with E-state index < -0.39 is 23.6 Å². The molecule has 1 atom stereocenters. The van der Waals surface area contributed by atoms with Gasteiger partial charge in [-0.25, -0.2) is 4.79 Å². The molecule has 0 heterocycles. The fraction of sp³-hybridized carbons (Fsp3) is 0.769. The maximum atomic E-state index is 11.4. The summed E-state index contributed by atoms with van der Waals surface area (Å²) in [5.41, 5.74) is 4.62. The number of carbonyl (C=O) groups is 3. The van der Waals surface area contributed by atoms with Gasteiger partial charge in [0.25, 0.3) is 0 Å². The summed E-state index contributed by atoms with van der Waals surface area (Å²) in [5, 5.41) is 5.04. The molecule has 0 bridgehead atoms. The molecule has 0 rings (SSSR count). The number of alkyl carbamates (subject to hydrolysis) is 1. The topological polar surface area (TPSA) is 111 Å². The molecular weight excluding hydrogens is 262 g/mol. The van der Waals surface area contributed by atoms with Crippen LogP contribution in [-0.4, -0.2) is 36.1 Å². The van der Waals surface area contributed by atoms with Crippen molar-refractivity contribution >= 4 is 17.9 Å².